The first kappa shape index (κ1) is 15.0. The van der Waals surface area contributed by atoms with E-state index in [-0.39, 0.29) is 0 Å². The minimum absolute atomic E-state index is 0.548. The largest absolute Gasteiger partial charge is 0.491 e. The molecular weight excluding hydrogens is 230 g/mol. The number of rotatable bonds is 9. The summed E-state index contributed by atoms with van der Waals surface area (Å²) >= 11 is 0. The third-order valence-electron chi connectivity index (χ3n) is 2.61. The Bertz CT molecular complexity index is 342. The van der Waals surface area contributed by atoms with Crippen LogP contribution >= 0.6 is 0 Å². The monoisotopic (exact) mass is 253 g/mol. The number of hydrogen-bond acceptors (Lipinski definition) is 4. The molecule has 0 aliphatic heterocycles. The molecule has 102 valence electrons. The highest BCUT2D eigenvalue weighted by atomic mass is 16.5. The minimum atomic E-state index is 0.548. The third-order valence-corrected chi connectivity index (χ3v) is 2.61. The fraction of sp³-hybridized carbons (Fsp3) is 0.571. The molecule has 0 bridgehead atoms. The maximum absolute atomic E-state index is 5.78. The molecule has 0 saturated heterocycles. The Hall–Kier alpha value is -1.10. The third kappa shape index (κ3) is 5.04. The van der Waals surface area contributed by atoms with Crippen LogP contribution in [0.2, 0.25) is 0 Å². The van der Waals surface area contributed by atoms with Gasteiger partial charge in [0.2, 0.25) is 0 Å². The number of hydrogen-bond donors (Lipinski definition) is 1. The molecule has 18 heavy (non-hydrogen) atoms. The van der Waals surface area contributed by atoms with Gasteiger partial charge in [-0.05, 0) is 31.0 Å². The van der Waals surface area contributed by atoms with Gasteiger partial charge in [-0.15, -0.1) is 0 Å². The van der Waals surface area contributed by atoms with Crippen LogP contribution in [-0.4, -0.2) is 40.1 Å². The van der Waals surface area contributed by atoms with E-state index in [2.05, 4.69) is 6.07 Å². The van der Waals surface area contributed by atoms with Crippen molar-refractivity contribution >= 4 is 0 Å². The van der Waals surface area contributed by atoms with Crippen molar-refractivity contribution in [2.75, 3.05) is 40.1 Å². The van der Waals surface area contributed by atoms with E-state index in [1.165, 1.54) is 0 Å². The lowest BCUT2D eigenvalue weighted by atomic mass is 10.1. The lowest BCUT2D eigenvalue weighted by Gasteiger charge is -2.13. The van der Waals surface area contributed by atoms with Crippen molar-refractivity contribution in [3.8, 4) is 5.75 Å². The summed E-state index contributed by atoms with van der Waals surface area (Å²) in [6.45, 7) is 5.00. The summed E-state index contributed by atoms with van der Waals surface area (Å²) in [5.41, 5.74) is 7.89. The molecule has 0 heterocycles. The van der Waals surface area contributed by atoms with Crippen molar-refractivity contribution in [3.63, 3.8) is 0 Å². The first-order chi connectivity index (χ1) is 8.79. The van der Waals surface area contributed by atoms with Crippen molar-refractivity contribution in [1.82, 2.24) is 0 Å². The van der Waals surface area contributed by atoms with Crippen LogP contribution in [0, 0.1) is 6.92 Å². The van der Waals surface area contributed by atoms with Gasteiger partial charge in [-0.3, -0.25) is 0 Å². The first-order valence-electron chi connectivity index (χ1n) is 6.27. The molecule has 0 aliphatic rings. The van der Waals surface area contributed by atoms with E-state index >= 15 is 0 Å². The van der Waals surface area contributed by atoms with Crippen LogP contribution in [0.3, 0.4) is 0 Å². The molecule has 4 heteroatoms. The van der Waals surface area contributed by atoms with Crippen LogP contribution in [0.4, 0.5) is 0 Å². The quantitative estimate of drug-likeness (QED) is 0.678. The van der Waals surface area contributed by atoms with Gasteiger partial charge in [0.25, 0.3) is 0 Å². The van der Waals surface area contributed by atoms with Gasteiger partial charge in [-0.2, -0.15) is 0 Å². The molecule has 0 unspecified atom stereocenters. The molecule has 0 amide bonds. The number of methoxy groups -OCH3 is 1. The lowest BCUT2D eigenvalue weighted by Crippen LogP contribution is -2.12. The zero-order chi connectivity index (χ0) is 13.2. The topological polar surface area (TPSA) is 53.7 Å². The maximum atomic E-state index is 5.78. The molecule has 0 saturated carbocycles. The Kier molecular flexibility index (Phi) is 7.41. The molecule has 0 fully saturated rings. The molecule has 1 aromatic rings. The van der Waals surface area contributed by atoms with Crippen LogP contribution in [0.15, 0.2) is 18.2 Å². The summed E-state index contributed by atoms with van der Waals surface area (Å²) in [7, 11) is 1.66. The van der Waals surface area contributed by atoms with Crippen molar-refractivity contribution < 1.29 is 14.2 Å². The second-order valence-electron chi connectivity index (χ2n) is 4.06. The summed E-state index contributed by atoms with van der Waals surface area (Å²) in [5, 5.41) is 0. The van der Waals surface area contributed by atoms with E-state index in [0.717, 1.165) is 23.3 Å². The summed E-state index contributed by atoms with van der Waals surface area (Å²) < 4.78 is 16.0. The summed E-state index contributed by atoms with van der Waals surface area (Å²) in [5.74, 6) is 0.943. The van der Waals surface area contributed by atoms with Crippen LogP contribution in [0.25, 0.3) is 0 Å². The van der Waals surface area contributed by atoms with Gasteiger partial charge in [-0.25, -0.2) is 0 Å². The second kappa shape index (κ2) is 8.91. The number of para-hydroxylation sites is 1. The van der Waals surface area contributed by atoms with Crippen molar-refractivity contribution in [2.24, 2.45) is 5.73 Å². The molecule has 0 radical (unpaired) electrons. The van der Waals surface area contributed by atoms with E-state index in [0.29, 0.717) is 33.0 Å². The minimum Gasteiger partial charge on any atom is -0.491 e. The predicted molar refractivity (Wildman–Crippen MR) is 72.1 cm³/mol. The molecule has 0 atom stereocenters. The Morgan fingerprint density at radius 3 is 2.61 bits per heavy atom. The van der Waals surface area contributed by atoms with Crippen LogP contribution in [-0.2, 0) is 15.9 Å². The predicted octanol–water partition coefficient (Wildman–Crippen LogP) is 1.54. The first-order valence-corrected chi connectivity index (χ1v) is 6.27. The molecule has 1 rings (SSSR count). The smallest absolute Gasteiger partial charge is 0.125 e. The van der Waals surface area contributed by atoms with Gasteiger partial charge >= 0.3 is 0 Å². The Balaban J connectivity index is 2.40. The second-order valence-corrected chi connectivity index (χ2v) is 4.06. The molecule has 0 spiro atoms. The summed E-state index contributed by atoms with van der Waals surface area (Å²) in [6.07, 6.45) is 0.835. The van der Waals surface area contributed by atoms with Gasteiger partial charge in [0.1, 0.15) is 12.4 Å². The van der Waals surface area contributed by atoms with Gasteiger partial charge in [0, 0.05) is 7.11 Å². The number of ether oxygens (including phenoxy) is 3. The van der Waals surface area contributed by atoms with Crippen molar-refractivity contribution in [1.29, 1.82) is 0 Å². The van der Waals surface area contributed by atoms with E-state index in [4.69, 9.17) is 19.9 Å². The van der Waals surface area contributed by atoms with E-state index in [1.54, 1.807) is 7.11 Å². The van der Waals surface area contributed by atoms with Crippen LogP contribution in [0.1, 0.15) is 11.1 Å². The maximum Gasteiger partial charge on any atom is 0.125 e. The molecule has 1 aromatic carbocycles. The zero-order valence-corrected chi connectivity index (χ0v) is 11.3. The van der Waals surface area contributed by atoms with Gasteiger partial charge in [0.15, 0.2) is 0 Å². The van der Waals surface area contributed by atoms with Crippen molar-refractivity contribution in [3.05, 3.63) is 29.3 Å². The molecule has 0 aromatic heterocycles. The van der Waals surface area contributed by atoms with E-state index in [1.807, 2.05) is 19.1 Å². The average Bonchev–Trinajstić information content (AvgIpc) is 2.36. The van der Waals surface area contributed by atoms with Crippen LogP contribution < -0.4 is 10.5 Å². The number of aryl methyl sites for hydroxylation is 1. The van der Waals surface area contributed by atoms with Crippen LogP contribution in [0.5, 0.6) is 5.75 Å². The molecule has 4 nitrogen and oxygen atoms in total. The molecule has 0 aliphatic carbocycles. The van der Waals surface area contributed by atoms with Gasteiger partial charge in [-0.1, -0.05) is 18.2 Å². The SMILES string of the molecule is COCCOCCOc1c(C)cccc1CCN. The normalized spacial score (nSPS) is 10.6. The molecule has 2 N–H and O–H groups in total. The Morgan fingerprint density at radius 2 is 1.89 bits per heavy atom. The molecular formula is C14H23NO3. The summed E-state index contributed by atoms with van der Waals surface area (Å²) in [6, 6.07) is 6.13. The number of benzene rings is 1. The van der Waals surface area contributed by atoms with E-state index in [9.17, 15) is 0 Å². The fourth-order valence-electron chi connectivity index (χ4n) is 1.72. The highest BCUT2D eigenvalue weighted by molar-refractivity contribution is 5.40. The van der Waals surface area contributed by atoms with Gasteiger partial charge in [0.05, 0.1) is 19.8 Å². The fourth-order valence-corrected chi connectivity index (χ4v) is 1.72. The standard InChI is InChI=1S/C14H23NO3/c1-12-4-3-5-13(6-7-15)14(12)18-11-10-17-9-8-16-2/h3-5H,6-11,15H2,1-2H3. The summed E-state index contributed by atoms with van der Waals surface area (Å²) in [4.78, 5) is 0. The van der Waals surface area contributed by atoms with E-state index < -0.39 is 0 Å². The highest BCUT2D eigenvalue weighted by Gasteiger charge is 2.05. The highest BCUT2D eigenvalue weighted by Crippen LogP contribution is 2.23. The van der Waals surface area contributed by atoms with Gasteiger partial charge < -0.3 is 19.9 Å². The Labute approximate surface area is 109 Å². The Morgan fingerprint density at radius 1 is 1.11 bits per heavy atom. The number of nitrogens with two attached hydrogens (primary N) is 1. The van der Waals surface area contributed by atoms with Crippen molar-refractivity contribution in [2.45, 2.75) is 13.3 Å². The lowest BCUT2D eigenvalue weighted by molar-refractivity contribution is 0.0542. The zero-order valence-electron chi connectivity index (χ0n) is 11.3. The average molecular weight is 253 g/mol.